The van der Waals surface area contributed by atoms with Crippen molar-refractivity contribution >= 4 is 17.1 Å². The summed E-state index contributed by atoms with van der Waals surface area (Å²) in [7, 11) is 0. The monoisotopic (exact) mass is 318 g/mol. The van der Waals surface area contributed by atoms with Crippen molar-refractivity contribution in [2.75, 3.05) is 0 Å². The largest absolute Gasteiger partial charge is 0.380 e. The van der Waals surface area contributed by atoms with Crippen LogP contribution in [0.15, 0.2) is 54.6 Å². The van der Waals surface area contributed by atoms with Crippen LogP contribution in [0.25, 0.3) is 0 Å². The summed E-state index contributed by atoms with van der Waals surface area (Å²) in [5, 5.41) is 0. The number of Topliss-reactive ketones (excluding diaryl/α,β-unsaturated/α-hetero) is 1. The predicted octanol–water partition coefficient (Wildman–Crippen LogP) is 3.63. The molecular formula is C17H18O4S. The quantitative estimate of drug-likeness (QED) is 0.763. The van der Waals surface area contributed by atoms with Gasteiger partial charge in [0.1, 0.15) is 11.4 Å². The van der Waals surface area contributed by atoms with E-state index in [-0.39, 0.29) is 5.78 Å². The van der Waals surface area contributed by atoms with Crippen LogP contribution in [-0.2, 0) is 15.5 Å². The first kappa shape index (κ1) is 16.4. The highest BCUT2D eigenvalue weighted by Crippen LogP contribution is 2.20. The number of ketones is 1. The van der Waals surface area contributed by atoms with Gasteiger partial charge in [-0.15, -0.1) is 0 Å². The maximum Gasteiger partial charge on any atom is 0.361 e. The van der Waals surface area contributed by atoms with Crippen molar-refractivity contribution in [1.29, 1.82) is 0 Å². The lowest BCUT2D eigenvalue weighted by atomic mass is 9.97. The van der Waals surface area contributed by atoms with Gasteiger partial charge in [-0.1, -0.05) is 48.0 Å². The minimum Gasteiger partial charge on any atom is -0.380 e. The summed E-state index contributed by atoms with van der Waals surface area (Å²) in [4.78, 5) is 12.4. The molecule has 0 aliphatic rings. The van der Waals surface area contributed by atoms with E-state index in [1.54, 1.807) is 50.2 Å². The molecule has 4 nitrogen and oxygen atoms in total. The number of carbonyl (C=O) groups excluding carboxylic acids is 1. The molecular weight excluding hydrogens is 300 g/mol. The molecule has 2 aromatic rings. The van der Waals surface area contributed by atoms with E-state index in [0.29, 0.717) is 11.3 Å². The lowest BCUT2D eigenvalue weighted by molar-refractivity contribution is 0.0602. The molecule has 0 heterocycles. The lowest BCUT2D eigenvalue weighted by Crippen LogP contribution is -2.36. The smallest absolute Gasteiger partial charge is 0.361 e. The Morgan fingerprint density at radius 1 is 1.00 bits per heavy atom. The highest BCUT2D eigenvalue weighted by atomic mass is 32.2. The average Bonchev–Trinajstić information content (AvgIpc) is 2.49. The van der Waals surface area contributed by atoms with E-state index in [1.165, 1.54) is 0 Å². The Bertz CT molecular complexity index is 663. The van der Waals surface area contributed by atoms with Crippen molar-refractivity contribution in [3.05, 3.63) is 65.7 Å². The van der Waals surface area contributed by atoms with Crippen LogP contribution in [-0.4, -0.2) is 15.6 Å². The van der Waals surface area contributed by atoms with E-state index in [2.05, 4.69) is 0 Å². The number of hydrogen-bond donors (Lipinski definition) is 0. The van der Waals surface area contributed by atoms with Crippen LogP contribution >= 0.6 is 0 Å². The van der Waals surface area contributed by atoms with Gasteiger partial charge in [0.25, 0.3) is 0 Å². The molecule has 5 heteroatoms. The van der Waals surface area contributed by atoms with Gasteiger partial charge in [-0.2, -0.15) is 4.21 Å². The van der Waals surface area contributed by atoms with Gasteiger partial charge in [0, 0.05) is 5.56 Å². The lowest BCUT2D eigenvalue weighted by Gasteiger charge is -2.21. The van der Waals surface area contributed by atoms with E-state index in [9.17, 15) is 9.00 Å². The molecule has 0 aliphatic carbocycles. The molecule has 0 radical (unpaired) electrons. The summed E-state index contributed by atoms with van der Waals surface area (Å²) in [5.74, 6) is 0.167. The Morgan fingerprint density at radius 3 is 2.18 bits per heavy atom. The summed E-state index contributed by atoms with van der Waals surface area (Å²) >= 11 is -2.06. The summed E-state index contributed by atoms with van der Waals surface area (Å²) in [6, 6.07) is 15.8. The van der Waals surface area contributed by atoms with Gasteiger partial charge in [-0.05, 0) is 32.9 Å². The van der Waals surface area contributed by atoms with E-state index in [0.717, 1.165) is 5.56 Å². The SMILES string of the molecule is Cc1ccc(OS(=O)OC(C)(C)C(=O)c2ccccc2)cc1. The number of aryl methyl sites for hydroxylation is 1. The summed E-state index contributed by atoms with van der Waals surface area (Å²) < 4.78 is 22.4. The second kappa shape index (κ2) is 6.85. The molecule has 0 saturated carbocycles. The van der Waals surface area contributed by atoms with Crippen molar-refractivity contribution in [1.82, 2.24) is 0 Å². The number of benzene rings is 2. The van der Waals surface area contributed by atoms with Gasteiger partial charge in [-0.25, -0.2) is 4.18 Å². The normalized spacial score (nSPS) is 12.7. The standard InChI is InChI=1S/C17H18O4S/c1-13-9-11-15(12-10-13)20-22(19)21-17(2,3)16(18)14-7-5-4-6-8-14/h4-12H,1-3H3. The zero-order chi connectivity index (χ0) is 16.2. The Balaban J connectivity index is 2.03. The molecule has 116 valence electrons. The van der Waals surface area contributed by atoms with Gasteiger partial charge in [0.15, 0.2) is 5.78 Å². The van der Waals surface area contributed by atoms with Crippen LogP contribution in [0.5, 0.6) is 5.75 Å². The Kier molecular flexibility index (Phi) is 5.11. The fourth-order valence-electron chi connectivity index (χ4n) is 1.83. The van der Waals surface area contributed by atoms with Gasteiger partial charge in [-0.3, -0.25) is 4.79 Å². The van der Waals surface area contributed by atoms with Gasteiger partial charge in [0.2, 0.25) is 0 Å². The Hall–Kier alpha value is -1.98. The fourth-order valence-corrected chi connectivity index (χ4v) is 2.55. The van der Waals surface area contributed by atoms with Crippen LogP contribution in [0.4, 0.5) is 0 Å². The van der Waals surface area contributed by atoms with E-state index in [4.69, 9.17) is 8.37 Å². The first-order valence-electron chi connectivity index (χ1n) is 6.84. The third-order valence-corrected chi connectivity index (χ3v) is 3.93. The molecule has 0 aliphatic heterocycles. The zero-order valence-electron chi connectivity index (χ0n) is 12.7. The molecule has 22 heavy (non-hydrogen) atoms. The molecule has 2 aromatic carbocycles. The van der Waals surface area contributed by atoms with Crippen LogP contribution in [0, 0.1) is 6.92 Å². The maximum atomic E-state index is 12.4. The molecule has 0 saturated heterocycles. The van der Waals surface area contributed by atoms with Crippen LogP contribution in [0.3, 0.4) is 0 Å². The number of hydrogen-bond acceptors (Lipinski definition) is 4. The molecule has 0 fully saturated rings. The predicted molar refractivity (Wildman–Crippen MR) is 85.9 cm³/mol. The number of carbonyl (C=O) groups is 1. The molecule has 0 N–H and O–H groups in total. The minimum atomic E-state index is -2.06. The van der Waals surface area contributed by atoms with Crippen molar-refractivity contribution in [3.63, 3.8) is 0 Å². The van der Waals surface area contributed by atoms with Crippen LogP contribution < -0.4 is 4.18 Å². The molecule has 0 bridgehead atoms. The van der Waals surface area contributed by atoms with Crippen LogP contribution in [0.1, 0.15) is 29.8 Å². The van der Waals surface area contributed by atoms with Crippen molar-refractivity contribution < 1.29 is 17.4 Å². The Morgan fingerprint density at radius 2 is 1.59 bits per heavy atom. The highest BCUT2D eigenvalue weighted by Gasteiger charge is 2.33. The fraction of sp³-hybridized carbons (Fsp3) is 0.235. The van der Waals surface area contributed by atoms with Gasteiger partial charge < -0.3 is 4.18 Å². The van der Waals surface area contributed by atoms with E-state index in [1.807, 2.05) is 25.1 Å². The molecule has 0 spiro atoms. The molecule has 1 unspecified atom stereocenters. The minimum absolute atomic E-state index is 0.256. The van der Waals surface area contributed by atoms with Crippen LogP contribution in [0.2, 0.25) is 0 Å². The van der Waals surface area contributed by atoms with E-state index >= 15 is 0 Å². The molecule has 0 aromatic heterocycles. The van der Waals surface area contributed by atoms with Gasteiger partial charge >= 0.3 is 11.4 Å². The topological polar surface area (TPSA) is 52.6 Å². The maximum absolute atomic E-state index is 12.4. The summed E-state index contributed by atoms with van der Waals surface area (Å²) in [6.07, 6.45) is 0. The average molecular weight is 318 g/mol. The third kappa shape index (κ3) is 4.26. The highest BCUT2D eigenvalue weighted by molar-refractivity contribution is 7.75. The first-order chi connectivity index (χ1) is 10.4. The molecule has 2 rings (SSSR count). The molecule has 1 atom stereocenters. The van der Waals surface area contributed by atoms with Crippen molar-refractivity contribution in [3.8, 4) is 5.75 Å². The van der Waals surface area contributed by atoms with E-state index < -0.39 is 17.0 Å². The zero-order valence-corrected chi connectivity index (χ0v) is 13.6. The summed E-state index contributed by atoms with van der Waals surface area (Å²) in [6.45, 7) is 5.08. The number of rotatable bonds is 6. The second-order valence-corrected chi connectivity index (χ2v) is 6.13. The van der Waals surface area contributed by atoms with Gasteiger partial charge in [0.05, 0.1) is 0 Å². The first-order valence-corrected chi connectivity index (χ1v) is 7.84. The molecule has 0 amide bonds. The Labute approximate surface area is 132 Å². The summed E-state index contributed by atoms with van der Waals surface area (Å²) in [5.41, 5.74) is 0.315. The second-order valence-electron chi connectivity index (χ2n) is 5.39. The third-order valence-electron chi connectivity index (χ3n) is 3.04. The van der Waals surface area contributed by atoms with Crippen molar-refractivity contribution in [2.24, 2.45) is 0 Å². The van der Waals surface area contributed by atoms with Crippen molar-refractivity contribution in [2.45, 2.75) is 26.4 Å².